The molecule has 1 rings (SSSR count). The lowest BCUT2D eigenvalue weighted by molar-refractivity contribution is -0.131. The molecule has 1 fully saturated rings. The van der Waals surface area contributed by atoms with Crippen molar-refractivity contribution >= 4 is 12.4 Å². The van der Waals surface area contributed by atoms with Crippen LogP contribution in [0.2, 0.25) is 0 Å². The Balaban J connectivity index is 0.000000360. The quantitative estimate of drug-likeness (QED) is 0.501. The van der Waals surface area contributed by atoms with Gasteiger partial charge in [0.1, 0.15) is 0 Å². The molecular weight excluding hydrogens is 234 g/mol. The van der Waals surface area contributed by atoms with Gasteiger partial charge in [-0.3, -0.25) is 9.59 Å². The van der Waals surface area contributed by atoms with Crippen molar-refractivity contribution in [2.45, 2.75) is 19.8 Å². The summed E-state index contributed by atoms with van der Waals surface area (Å²) in [4.78, 5) is 22.6. The molecular formula is C12H25N3O3. The minimum absolute atomic E-state index is 0.203. The monoisotopic (exact) mass is 259 g/mol. The smallest absolute Gasteiger partial charge is 0.293 e. The maximum absolute atomic E-state index is 11.2. The van der Waals surface area contributed by atoms with E-state index in [0.717, 1.165) is 39.0 Å². The zero-order valence-electron chi connectivity index (χ0n) is 11.4. The molecule has 6 nitrogen and oxygen atoms in total. The Morgan fingerprint density at radius 1 is 1.44 bits per heavy atom. The van der Waals surface area contributed by atoms with Crippen molar-refractivity contribution in [2.24, 2.45) is 0 Å². The molecule has 1 aliphatic heterocycles. The third kappa shape index (κ3) is 8.95. The second kappa shape index (κ2) is 12.3. The molecule has 0 aromatic rings. The highest BCUT2D eigenvalue weighted by Crippen LogP contribution is 1.91. The fourth-order valence-electron chi connectivity index (χ4n) is 1.45. The Bertz CT molecular complexity index is 219. The van der Waals surface area contributed by atoms with E-state index < -0.39 is 0 Å². The molecule has 1 amide bonds. The van der Waals surface area contributed by atoms with Gasteiger partial charge in [-0.2, -0.15) is 0 Å². The van der Waals surface area contributed by atoms with Gasteiger partial charge >= 0.3 is 0 Å². The van der Waals surface area contributed by atoms with Crippen LogP contribution in [-0.4, -0.2) is 63.7 Å². The second-order valence-corrected chi connectivity index (χ2v) is 3.98. The largest absolute Gasteiger partial charge is 0.468 e. The highest BCUT2D eigenvalue weighted by molar-refractivity contribution is 5.78. The van der Waals surface area contributed by atoms with Gasteiger partial charge in [-0.25, -0.2) is 0 Å². The zero-order chi connectivity index (χ0) is 13.6. The van der Waals surface area contributed by atoms with Gasteiger partial charge in [-0.15, -0.1) is 0 Å². The molecule has 0 aromatic heterocycles. The van der Waals surface area contributed by atoms with Crippen molar-refractivity contribution in [1.29, 1.82) is 0 Å². The molecule has 0 radical (unpaired) electrons. The number of ether oxygens (including phenoxy) is 1. The maximum Gasteiger partial charge on any atom is 0.293 e. The van der Waals surface area contributed by atoms with Crippen LogP contribution in [0.15, 0.2) is 0 Å². The van der Waals surface area contributed by atoms with E-state index in [4.69, 9.17) is 0 Å². The number of rotatable bonds is 6. The number of hydrogen-bond acceptors (Lipinski definition) is 5. The first-order valence-corrected chi connectivity index (χ1v) is 6.44. The van der Waals surface area contributed by atoms with Crippen LogP contribution in [0, 0.1) is 0 Å². The molecule has 6 heteroatoms. The number of nitrogens with zero attached hydrogens (tertiary/aromatic N) is 1. The van der Waals surface area contributed by atoms with Gasteiger partial charge < -0.3 is 20.3 Å². The van der Waals surface area contributed by atoms with Crippen molar-refractivity contribution in [3.05, 3.63) is 0 Å². The van der Waals surface area contributed by atoms with Crippen molar-refractivity contribution in [1.82, 2.24) is 15.5 Å². The van der Waals surface area contributed by atoms with Gasteiger partial charge in [0.05, 0.1) is 13.2 Å². The number of carbonyl (C=O) groups is 2. The molecule has 0 spiro atoms. The summed E-state index contributed by atoms with van der Waals surface area (Å²) in [6, 6.07) is 0. The Morgan fingerprint density at radius 3 is 2.61 bits per heavy atom. The van der Waals surface area contributed by atoms with Crippen LogP contribution in [0.3, 0.4) is 0 Å². The molecule has 0 saturated carbocycles. The van der Waals surface area contributed by atoms with E-state index >= 15 is 0 Å². The van der Waals surface area contributed by atoms with Crippen LogP contribution >= 0.6 is 0 Å². The number of hydrogen-bond donors (Lipinski definition) is 2. The van der Waals surface area contributed by atoms with Gasteiger partial charge in [0, 0.05) is 26.2 Å². The average Bonchev–Trinajstić information content (AvgIpc) is 2.41. The summed E-state index contributed by atoms with van der Waals surface area (Å²) in [6.45, 7) is 7.11. The Labute approximate surface area is 109 Å². The summed E-state index contributed by atoms with van der Waals surface area (Å²) in [6.07, 6.45) is 2.05. The Morgan fingerprint density at radius 2 is 2.11 bits per heavy atom. The predicted octanol–water partition coefficient (Wildman–Crippen LogP) is -0.403. The minimum atomic E-state index is 0.203. The summed E-state index contributed by atoms with van der Waals surface area (Å²) in [5, 5.41) is 6.05. The average molecular weight is 259 g/mol. The molecule has 1 heterocycles. The molecule has 18 heavy (non-hydrogen) atoms. The summed E-state index contributed by atoms with van der Waals surface area (Å²) in [5.74, 6) is 0.203. The van der Waals surface area contributed by atoms with Crippen molar-refractivity contribution < 1.29 is 14.3 Å². The normalized spacial score (nSPS) is 14.4. The number of piperazine rings is 1. The Hall–Kier alpha value is -1.14. The third-order valence-electron chi connectivity index (χ3n) is 2.48. The highest BCUT2D eigenvalue weighted by atomic mass is 16.5. The molecule has 106 valence electrons. The van der Waals surface area contributed by atoms with Crippen LogP contribution in [0.5, 0.6) is 0 Å². The summed E-state index contributed by atoms with van der Waals surface area (Å²) >= 11 is 0. The first-order chi connectivity index (χ1) is 8.76. The lowest BCUT2D eigenvalue weighted by atomic mass is 10.3. The topological polar surface area (TPSA) is 70.7 Å². The van der Waals surface area contributed by atoms with E-state index in [1.165, 1.54) is 0 Å². The van der Waals surface area contributed by atoms with Crippen molar-refractivity contribution in [3.8, 4) is 0 Å². The van der Waals surface area contributed by atoms with E-state index in [1.807, 2.05) is 11.8 Å². The molecule has 2 N–H and O–H groups in total. The van der Waals surface area contributed by atoms with Crippen LogP contribution in [0.25, 0.3) is 0 Å². The summed E-state index contributed by atoms with van der Waals surface area (Å²) < 4.78 is 4.39. The third-order valence-corrected chi connectivity index (χ3v) is 2.48. The van der Waals surface area contributed by atoms with E-state index in [2.05, 4.69) is 15.4 Å². The summed E-state index contributed by atoms with van der Waals surface area (Å²) in [7, 11) is 1.79. The standard InChI is InChI=1S/C7H15N3O.C5H10O2/c1-8-6-7(11)10-4-2-9-3-5-10;1-2-3-4-7-5-6/h8-9H,2-6H2,1H3;5H,2-4H2,1H3. The van der Waals surface area contributed by atoms with Gasteiger partial charge in [-0.1, -0.05) is 13.3 Å². The summed E-state index contributed by atoms with van der Waals surface area (Å²) in [5.41, 5.74) is 0. The van der Waals surface area contributed by atoms with E-state index in [9.17, 15) is 9.59 Å². The number of carbonyl (C=O) groups excluding carboxylic acids is 2. The van der Waals surface area contributed by atoms with Crippen LogP contribution in [0.4, 0.5) is 0 Å². The van der Waals surface area contributed by atoms with Crippen molar-refractivity contribution in [3.63, 3.8) is 0 Å². The fraction of sp³-hybridized carbons (Fsp3) is 0.833. The van der Waals surface area contributed by atoms with E-state index in [-0.39, 0.29) is 5.91 Å². The molecule has 0 bridgehead atoms. The van der Waals surface area contributed by atoms with Crippen LogP contribution in [-0.2, 0) is 14.3 Å². The molecule has 0 aromatic carbocycles. The second-order valence-electron chi connectivity index (χ2n) is 3.98. The Kier molecular flexibility index (Phi) is 11.5. The number of amides is 1. The number of likely N-dealkylation sites (N-methyl/N-ethyl adjacent to an activating group) is 1. The lowest BCUT2D eigenvalue weighted by Crippen LogP contribution is -2.48. The molecule has 1 aliphatic rings. The fourth-order valence-corrected chi connectivity index (χ4v) is 1.45. The predicted molar refractivity (Wildman–Crippen MR) is 70.3 cm³/mol. The first kappa shape index (κ1) is 16.9. The van der Waals surface area contributed by atoms with Crippen LogP contribution < -0.4 is 10.6 Å². The van der Waals surface area contributed by atoms with Gasteiger partial charge in [0.25, 0.3) is 6.47 Å². The van der Waals surface area contributed by atoms with E-state index in [0.29, 0.717) is 19.6 Å². The molecule has 0 aliphatic carbocycles. The van der Waals surface area contributed by atoms with Crippen molar-refractivity contribution in [2.75, 3.05) is 46.4 Å². The molecule has 1 saturated heterocycles. The lowest BCUT2D eigenvalue weighted by Gasteiger charge is -2.27. The minimum Gasteiger partial charge on any atom is -0.468 e. The maximum atomic E-state index is 11.2. The van der Waals surface area contributed by atoms with Gasteiger partial charge in [0.15, 0.2) is 0 Å². The van der Waals surface area contributed by atoms with Gasteiger partial charge in [0.2, 0.25) is 5.91 Å². The van der Waals surface area contributed by atoms with Gasteiger partial charge in [-0.05, 0) is 13.5 Å². The highest BCUT2D eigenvalue weighted by Gasteiger charge is 2.14. The van der Waals surface area contributed by atoms with Crippen LogP contribution in [0.1, 0.15) is 19.8 Å². The van der Waals surface area contributed by atoms with E-state index in [1.54, 1.807) is 7.05 Å². The number of nitrogens with one attached hydrogen (secondary N) is 2. The number of unbranched alkanes of at least 4 members (excludes halogenated alkanes) is 1. The zero-order valence-corrected chi connectivity index (χ0v) is 11.4. The molecule has 0 unspecified atom stereocenters. The molecule has 0 atom stereocenters. The SMILES string of the molecule is CCCCOC=O.CNCC(=O)N1CCNCC1. The first-order valence-electron chi connectivity index (χ1n) is 6.44.